The van der Waals surface area contributed by atoms with E-state index >= 15 is 0 Å². The number of nitrogens with two attached hydrogens (primary N) is 1. The summed E-state index contributed by atoms with van der Waals surface area (Å²) < 4.78 is 23.1. The maximum atomic E-state index is 13.5. The maximum Gasteiger partial charge on any atom is 0.326 e. The van der Waals surface area contributed by atoms with Crippen molar-refractivity contribution >= 4 is 59.3 Å². The number of aliphatic carboxylic acids is 3. The minimum atomic E-state index is -1.91. The molecule has 30 heteroatoms. The van der Waals surface area contributed by atoms with Crippen molar-refractivity contribution in [1.82, 2.24) is 37.2 Å². The van der Waals surface area contributed by atoms with E-state index in [1.165, 1.54) is 13.8 Å². The van der Waals surface area contributed by atoms with Gasteiger partial charge >= 0.3 is 17.9 Å². The highest BCUT2D eigenvalue weighted by atomic mass is 16.7. The quantitative estimate of drug-likeness (QED) is 0.0324. The molecule has 2 aliphatic heterocycles. The fourth-order valence-corrected chi connectivity index (χ4v) is 7.02. The van der Waals surface area contributed by atoms with E-state index < -0.39 is 189 Å². The van der Waals surface area contributed by atoms with Crippen LogP contribution in [0.25, 0.3) is 0 Å². The molecule has 70 heavy (non-hydrogen) atoms. The fraction of sp³-hybridized carbons (Fsp3) is 0.750. The van der Waals surface area contributed by atoms with E-state index in [9.17, 15) is 83.7 Å². The van der Waals surface area contributed by atoms with Crippen molar-refractivity contribution in [2.45, 2.75) is 171 Å². The summed E-state index contributed by atoms with van der Waals surface area (Å²) in [5.41, 5.74) is 5.34. The Labute approximate surface area is 400 Å². The number of carboxylic acid groups (broad SMARTS) is 3. The summed E-state index contributed by atoms with van der Waals surface area (Å²) in [5.74, 6) is -10.3. The second-order valence-corrected chi connectivity index (χ2v) is 16.6. The zero-order valence-corrected chi connectivity index (χ0v) is 39.0. The monoisotopic (exact) mass is 1010 g/mol. The normalized spacial score (nSPS) is 26.8. The number of hydrogen-bond donors (Lipinski definition) is 16. The lowest BCUT2D eigenvalue weighted by molar-refractivity contribution is -0.333. The van der Waals surface area contributed by atoms with Crippen molar-refractivity contribution in [2.75, 3.05) is 19.8 Å². The first-order chi connectivity index (χ1) is 32.7. The Morgan fingerprint density at radius 2 is 1.23 bits per heavy atom. The summed E-state index contributed by atoms with van der Waals surface area (Å²) in [4.78, 5) is 123. The average Bonchev–Trinajstić information content (AvgIpc) is 3.27. The number of carbonyl (C=O) groups is 10. The molecule has 2 fully saturated rings. The predicted molar refractivity (Wildman–Crippen MR) is 231 cm³/mol. The summed E-state index contributed by atoms with van der Waals surface area (Å²) >= 11 is 0. The van der Waals surface area contributed by atoms with Crippen LogP contribution >= 0.6 is 0 Å². The molecule has 0 aromatic rings. The number of carbonyl (C=O) groups excluding carboxylic acids is 7. The van der Waals surface area contributed by atoms with Gasteiger partial charge in [-0.1, -0.05) is 0 Å². The zero-order chi connectivity index (χ0) is 53.2. The van der Waals surface area contributed by atoms with Gasteiger partial charge in [0, 0.05) is 26.8 Å². The zero-order valence-electron chi connectivity index (χ0n) is 39.0. The van der Waals surface area contributed by atoms with Crippen molar-refractivity contribution in [2.24, 2.45) is 5.73 Å². The highest BCUT2D eigenvalue weighted by Crippen LogP contribution is 2.31. The molecule has 7 amide bonds. The number of amides is 7. The van der Waals surface area contributed by atoms with E-state index in [1.807, 2.05) is 0 Å². The topological polar surface area (TPSA) is 480 Å². The van der Waals surface area contributed by atoms with Gasteiger partial charge in [-0.25, -0.2) is 4.79 Å². The standard InChI is InChI=1S/C40H66N8O22/c1-15(33(57)48-22(38(64)65)9-10-25(53)47-21(35(59)44-16(2)36(60)61)8-6-7-11-42-26(54)12-20(41)37(62)63)43-34(58)17(3)67-32-28(46-19(5)52)39(66)68-24(14-50)31(32)70-40-27(45-18(4)51)30(56)29(55)23(13-49)69-40/h15-17,20-24,27-32,39-40,49-50,55-56,66H,6-14,41H2,1-5H3,(H,42,54)(H,43,58)(H,44,59)(H,45,51)(H,46,52)(H,47,53)(H,48,57)(H,60,61)(H,62,63)(H,64,65). The second-order valence-electron chi connectivity index (χ2n) is 16.6. The van der Waals surface area contributed by atoms with E-state index in [0.29, 0.717) is 0 Å². The number of ether oxygens (including phenoxy) is 4. The SMILES string of the molecule is CC(=O)NC1C(OC2C(CO)OC(O)C(NC(C)=O)C2OC(C)C(=O)NC(C)C(=O)NC(CCC(=O)NC(CCCCNC(=O)CC(N)C(=O)O)C(=O)NC(C)C(=O)O)C(=O)O)OC(CO)C(O)C1O. The fourth-order valence-electron chi connectivity index (χ4n) is 7.02. The van der Waals surface area contributed by atoms with Gasteiger partial charge < -0.3 is 103 Å². The van der Waals surface area contributed by atoms with Gasteiger partial charge in [-0.2, -0.15) is 0 Å². The summed E-state index contributed by atoms with van der Waals surface area (Å²) in [5, 5.41) is 96.5. The number of aliphatic hydroxyl groups is 5. The average molecular weight is 1010 g/mol. The third-order valence-corrected chi connectivity index (χ3v) is 10.9. The molecule has 2 aliphatic rings. The number of nitrogens with one attached hydrogen (secondary N) is 7. The smallest absolute Gasteiger partial charge is 0.326 e. The molecule has 30 nitrogen and oxygen atoms in total. The Balaban J connectivity index is 2.16. The maximum absolute atomic E-state index is 13.5. The molecule has 2 saturated heterocycles. The molecule has 2 heterocycles. The van der Waals surface area contributed by atoms with Crippen LogP contribution in [0.4, 0.5) is 0 Å². The van der Waals surface area contributed by atoms with E-state index in [-0.39, 0.29) is 25.8 Å². The minimum absolute atomic E-state index is 0.0363. The number of carboxylic acids is 3. The molecule has 0 aromatic heterocycles. The molecule has 0 bridgehead atoms. The van der Waals surface area contributed by atoms with Crippen molar-refractivity contribution in [3.8, 4) is 0 Å². The van der Waals surface area contributed by atoms with Crippen LogP contribution in [0.3, 0.4) is 0 Å². The van der Waals surface area contributed by atoms with Gasteiger partial charge in [0.2, 0.25) is 41.4 Å². The molecule has 0 aromatic carbocycles. The summed E-state index contributed by atoms with van der Waals surface area (Å²) in [6, 6.07) is -10.4. The van der Waals surface area contributed by atoms with Gasteiger partial charge in [-0.15, -0.1) is 0 Å². The largest absolute Gasteiger partial charge is 0.480 e. The molecule has 0 aliphatic carbocycles. The Bertz CT molecular complexity index is 1850. The molecule has 17 N–H and O–H groups in total. The Hall–Kier alpha value is -5.70. The van der Waals surface area contributed by atoms with E-state index in [4.69, 9.17) is 29.8 Å². The predicted octanol–water partition coefficient (Wildman–Crippen LogP) is -7.68. The molecule has 16 unspecified atom stereocenters. The van der Waals surface area contributed by atoms with E-state index in [1.54, 1.807) is 0 Å². The van der Waals surface area contributed by atoms with Gasteiger partial charge in [-0.05, 0) is 46.5 Å². The Kier molecular flexibility index (Phi) is 24.9. The highest BCUT2D eigenvalue weighted by molar-refractivity contribution is 5.92. The van der Waals surface area contributed by atoms with Crippen molar-refractivity contribution < 1.29 is 108 Å². The third kappa shape index (κ3) is 18.9. The van der Waals surface area contributed by atoms with Crippen LogP contribution < -0.4 is 43.0 Å². The van der Waals surface area contributed by atoms with Crippen LogP contribution in [-0.2, 0) is 66.9 Å². The van der Waals surface area contributed by atoms with Crippen LogP contribution in [0.1, 0.15) is 73.1 Å². The van der Waals surface area contributed by atoms with Crippen LogP contribution in [-0.4, -0.2) is 217 Å². The van der Waals surface area contributed by atoms with Crippen LogP contribution in [0.5, 0.6) is 0 Å². The van der Waals surface area contributed by atoms with E-state index in [2.05, 4.69) is 37.2 Å². The van der Waals surface area contributed by atoms with Crippen LogP contribution in [0, 0.1) is 0 Å². The molecular weight excluding hydrogens is 944 g/mol. The van der Waals surface area contributed by atoms with Gasteiger partial charge in [0.1, 0.15) is 85.0 Å². The lowest BCUT2D eigenvalue weighted by atomic mass is 9.94. The van der Waals surface area contributed by atoms with Crippen molar-refractivity contribution in [3.05, 3.63) is 0 Å². The Morgan fingerprint density at radius 1 is 0.629 bits per heavy atom. The van der Waals surface area contributed by atoms with Crippen LogP contribution in [0.2, 0.25) is 0 Å². The second kappa shape index (κ2) is 28.8. The van der Waals surface area contributed by atoms with Gasteiger partial charge in [0.15, 0.2) is 12.6 Å². The minimum Gasteiger partial charge on any atom is -0.480 e. The Morgan fingerprint density at radius 3 is 1.79 bits per heavy atom. The summed E-state index contributed by atoms with van der Waals surface area (Å²) in [6.07, 6.45) is -16.3. The molecule has 16 atom stereocenters. The molecule has 0 spiro atoms. The van der Waals surface area contributed by atoms with Crippen LogP contribution in [0.15, 0.2) is 0 Å². The first kappa shape index (κ1) is 60.4. The lowest BCUT2D eigenvalue weighted by Gasteiger charge is -2.48. The molecule has 2 rings (SSSR count). The molecule has 0 radical (unpaired) electrons. The highest BCUT2D eigenvalue weighted by Gasteiger charge is 2.53. The molecule has 398 valence electrons. The first-order valence-electron chi connectivity index (χ1n) is 22.1. The third-order valence-electron chi connectivity index (χ3n) is 10.9. The molecule has 0 saturated carbocycles. The molecular formula is C40H66N8O22. The summed E-state index contributed by atoms with van der Waals surface area (Å²) in [6.45, 7) is 3.94. The van der Waals surface area contributed by atoms with Gasteiger partial charge in [0.25, 0.3) is 0 Å². The number of unbranched alkanes of at least 4 members (excludes halogenated alkanes) is 1. The van der Waals surface area contributed by atoms with Gasteiger partial charge in [0.05, 0.1) is 19.6 Å². The summed E-state index contributed by atoms with van der Waals surface area (Å²) in [7, 11) is 0. The number of aliphatic hydroxyl groups excluding tert-OH is 5. The van der Waals surface area contributed by atoms with Gasteiger partial charge in [-0.3, -0.25) is 43.2 Å². The number of rotatable bonds is 28. The lowest BCUT2D eigenvalue weighted by Crippen LogP contribution is -2.70. The van der Waals surface area contributed by atoms with Crippen molar-refractivity contribution in [1.29, 1.82) is 0 Å². The number of hydrogen-bond acceptors (Lipinski definition) is 20. The first-order valence-corrected chi connectivity index (χ1v) is 22.1. The van der Waals surface area contributed by atoms with E-state index in [0.717, 1.165) is 20.8 Å². The van der Waals surface area contributed by atoms with Crippen molar-refractivity contribution in [3.63, 3.8) is 0 Å².